The van der Waals surface area contributed by atoms with E-state index in [9.17, 15) is 4.79 Å². The van der Waals surface area contributed by atoms with Crippen LogP contribution in [0.25, 0.3) is 0 Å². The van der Waals surface area contributed by atoms with Crippen LogP contribution < -0.4 is 10.5 Å². The van der Waals surface area contributed by atoms with Gasteiger partial charge in [-0.2, -0.15) is 0 Å². The summed E-state index contributed by atoms with van der Waals surface area (Å²) in [5.41, 5.74) is 6.92. The van der Waals surface area contributed by atoms with Crippen molar-refractivity contribution in [2.75, 3.05) is 19.7 Å². The minimum atomic E-state index is 0.137. The van der Waals surface area contributed by atoms with E-state index in [1.54, 1.807) is 0 Å². The third-order valence-electron chi connectivity index (χ3n) is 3.40. The maximum atomic E-state index is 12.2. The van der Waals surface area contributed by atoms with Crippen LogP contribution in [0, 0.1) is 0 Å². The number of carbonyl (C=O) groups is 1. The summed E-state index contributed by atoms with van der Waals surface area (Å²) >= 11 is 0. The monoisotopic (exact) mass is 262 g/mol. The van der Waals surface area contributed by atoms with Crippen LogP contribution >= 0.6 is 0 Å². The first kappa shape index (κ1) is 13.9. The number of hydrogen-bond acceptors (Lipinski definition) is 3. The van der Waals surface area contributed by atoms with E-state index in [4.69, 9.17) is 10.5 Å². The van der Waals surface area contributed by atoms with Crippen molar-refractivity contribution >= 4 is 5.91 Å². The van der Waals surface area contributed by atoms with Gasteiger partial charge >= 0.3 is 0 Å². The van der Waals surface area contributed by atoms with Crippen molar-refractivity contribution in [2.45, 2.75) is 32.2 Å². The molecule has 1 saturated heterocycles. The molecule has 0 unspecified atom stereocenters. The second-order valence-corrected chi connectivity index (χ2v) is 5.00. The standard InChI is InChI=1S/C15H22N2O2/c1-2-19-14-7-5-12(6-8-14)10-15(18)17-9-3-4-13(16)11-17/h5-8,13H,2-4,9-11,16H2,1H3/t13-/m1/s1. The van der Waals surface area contributed by atoms with Crippen molar-refractivity contribution in [3.8, 4) is 5.75 Å². The Bertz CT molecular complexity index is 417. The smallest absolute Gasteiger partial charge is 0.227 e. The average molecular weight is 262 g/mol. The van der Waals surface area contributed by atoms with Gasteiger partial charge in [0.1, 0.15) is 5.75 Å². The average Bonchev–Trinajstić information content (AvgIpc) is 2.41. The summed E-state index contributed by atoms with van der Waals surface area (Å²) in [7, 11) is 0. The molecule has 4 nitrogen and oxygen atoms in total. The van der Waals surface area contributed by atoms with Crippen molar-refractivity contribution in [1.29, 1.82) is 0 Å². The molecule has 0 bridgehead atoms. The summed E-state index contributed by atoms with van der Waals surface area (Å²) < 4.78 is 5.38. The number of ether oxygens (including phenoxy) is 1. The van der Waals surface area contributed by atoms with Crippen LogP contribution in [-0.4, -0.2) is 36.5 Å². The second kappa shape index (κ2) is 6.57. The van der Waals surface area contributed by atoms with E-state index in [2.05, 4.69) is 0 Å². The molecule has 0 radical (unpaired) electrons. The molecule has 1 amide bonds. The van der Waals surface area contributed by atoms with Gasteiger partial charge in [0.05, 0.1) is 13.0 Å². The van der Waals surface area contributed by atoms with Crippen molar-refractivity contribution in [3.05, 3.63) is 29.8 Å². The van der Waals surface area contributed by atoms with Gasteiger partial charge in [0.2, 0.25) is 5.91 Å². The highest BCUT2D eigenvalue weighted by atomic mass is 16.5. The number of piperidine rings is 1. The largest absolute Gasteiger partial charge is 0.494 e. The quantitative estimate of drug-likeness (QED) is 0.896. The Balaban J connectivity index is 1.90. The third-order valence-corrected chi connectivity index (χ3v) is 3.40. The van der Waals surface area contributed by atoms with E-state index in [1.165, 1.54) is 0 Å². The molecule has 0 aromatic heterocycles. The Hall–Kier alpha value is -1.55. The topological polar surface area (TPSA) is 55.6 Å². The highest BCUT2D eigenvalue weighted by Crippen LogP contribution is 2.14. The molecule has 1 aromatic rings. The Morgan fingerprint density at radius 2 is 2.16 bits per heavy atom. The SMILES string of the molecule is CCOc1ccc(CC(=O)N2CCC[C@@H](N)C2)cc1. The third kappa shape index (κ3) is 3.96. The molecule has 2 N–H and O–H groups in total. The number of amides is 1. The fourth-order valence-corrected chi connectivity index (χ4v) is 2.39. The van der Waals surface area contributed by atoms with Crippen molar-refractivity contribution in [1.82, 2.24) is 4.90 Å². The van der Waals surface area contributed by atoms with Gasteiger partial charge in [0, 0.05) is 19.1 Å². The highest BCUT2D eigenvalue weighted by molar-refractivity contribution is 5.79. The fourth-order valence-electron chi connectivity index (χ4n) is 2.39. The summed E-state index contributed by atoms with van der Waals surface area (Å²) in [6.07, 6.45) is 2.47. The van der Waals surface area contributed by atoms with Gasteiger partial charge in [0.15, 0.2) is 0 Å². The van der Waals surface area contributed by atoms with Crippen LogP contribution in [0.4, 0.5) is 0 Å². The number of rotatable bonds is 4. The minimum absolute atomic E-state index is 0.137. The maximum Gasteiger partial charge on any atom is 0.227 e. The van der Waals surface area contributed by atoms with Gasteiger partial charge in [-0.1, -0.05) is 12.1 Å². The number of carbonyl (C=O) groups excluding carboxylic acids is 1. The van der Waals surface area contributed by atoms with Crippen LogP contribution in [0.5, 0.6) is 5.75 Å². The first-order chi connectivity index (χ1) is 9.19. The second-order valence-electron chi connectivity index (χ2n) is 5.00. The van der Waals surface area contributed by atoms with Crippen LogP contribution in [0.2, 0.25) is 0 Å². The Kier molecular flexibility index (Phi) is 4.80. The lowest BCUT2D eigenvalue weighted by Crippen LogP contribution is -2.46. The van der Waals surface area contributed by atoms with Crippen molar-refractivity contribution in [2.24, 2.45) is 5.73 Å². The van der Waals surface area contributed by atoms with E-state index >= 15 is 0 Å². The predicted molar refractivity (Wildman–Crippen MR) is 75.1 cm³/mol. The van der Waals surface area contributed by atoms with E-state index in [0.29, 0.717) is 19.6 Å². The van der Waals surface area contributed by atoms with E-state index < -0.39 is 0 Å². The zero-order valence-electron chi connectivity index (χ0n) is 11.5. The van der Waals surface area contributed by atoms with Gasteiger partial charge in [-0.25, -0.2) is 0 Å². The zero-order valence-corrected chi connectivity index (χ0v) is 11.5. The molecule has 1 aliphatic rings. The molecular weight excluding hydrogens is 240 g/mol. The van der Waals surface area contributed by atoms with Gasteiger partial charge in [-0.05, 0) is 37.5 Å². The predicted octanol–water partition coefficient (Wildman–Crippen LogP) is 1.58. The summed E-state index contributed by atoms with van der Waals surface area (Å²) in [4.78, 5) is 14.0. The van der Waals surface area contributed by atoms with Gasteiger partial charge in [-0.3, -0.25) is 4.79 Å². The molecule has 0 spiro atoms. The molecule has 1 aromatic carbocycles. The van der Waals surface area contributed by atoms with E-state index in [1.807, 2.05) is 36.1 Å². The molecule has 19 heavy (non-hydrogen) atoms. The Morgan fingerprint density at radius 1 is 1.42 bits per heavy atom. The van der Waals surface area contributed by atoms with Crippen molar-refractivity contribution in [3.63, 3.8) is 0 Å². The molecule has 1 fully saturated rings. The number of nitrogens with two attached hydrogens (primary N) is 1. The van der Waals surface area contributed by atoms with Crippen LogP contribution in [-0.2, 0) is 11.2 Å². The normalized spacial score (nSPS) is 19.3. The number of likely N-dealkylation sites (tertiary alicyclic amines) is 1. The summed E-state index contributed by atoms with van der Waals surface area (Å²) in [5, 5.41) is 0. The maximum absolute atomic E-state index is 12.2. The van der Waals surface area contributed by atoms with Gasteiger partial charge < -0.3 is 15.4 Å². The lowest BCUT2D eigenvalue weighted by Gasteiger charge is -2.30. The zero-order chi connectivity index (χ0) is 13.7. The minimum Gasteiger partial charge on any atom is -0.494 e. The summed E-state index contributed by atoms with van der Waals surface area (Å²) in [5.74, 6) is 1.01. The van der Waals surface area contributed by atoms with E-state index in [0.717, 1.165) is 30.7 Å². The first-order valence-corrected chi connectivity index (χ1v) is 6.94. The molecule has 1 aliphatic heterocycles. The lowest BCUT2D eigenvalue weighted by atomic mass is 10.1. The molecule has 104 valence electrons. The molecule has 0 saturated carbocycles. The molecular formula is C15H22N2O2. The molecule has 1 atom stereocenters. The van der Waals surface area contributed by atoms with Crippen LogP contribution in [0.15, 0.2) is 24.3 Å². The van der Waals surface area contributed by atoms with E-state index in [-0.39, 0.29) is 11.9 Å². The molecule has 1 heterocycles. The number of nitrogens with zero attached hydrogens (tertiary/aromatic N) is 1. The lowest BCUT2D eigenvalue weighted by molar-refractivity contribution is -0.131. The Morgan fingerprint density at radius 3 is 2.79 bits per heavy atom. The molecule has 4 heteroatoms. The molecule has 0 aliphatic carbocycles. The number of benzene rings is 1. The molecule has 2 rings (SSSR count). The number of hydrogen-bond donors (Lipinski definition) is 1. The summed E-state index contributed by atoms with van der Waals surface area (Å²) in [6.45, 7) is 4.14. The summed E-state index contributed by atoms with van der Waals surface area (Å²) in [6, 6.07) is 7.86. The van der Waals surface area contributed by atoms with Gasteiger partial charge in [0.25, 0.3) is 0 Å². The van der Waals surface area contributed by atoms with Crippen LogP contribution in [0.3, 0.4) is 0 Å². The first-order valence-electron chi connectivity index (χ1n) is 6.94. The highest BCUT2D eigenvalue weighted by Gasteiger charge is 2.21. The van der Waals surface area contributed by atoms with Crippen LogP contribution in [0.1, 0.15) is 25.3 Å². The fraction of sp³-hybridized carbons (Fsp3) is 0.533. The van der Waals surface area contributed by atoms with Crippen molar-refractivity contribution < 1.29 is 9.53 Å². The Labute approximate surface area is 114 Å². The van der Waals surface area contributed by atoms with Gasteiger partial charge in [-0.15, -0.1) is 0 Å².